The van der Waals surface area contributed by atoms with E-state index in [1.807, 2.05) is 23.9 Å². The first-order valence-corrected chi connectivity index (χ1v) is 7.80. The van der Waals surface area contributed by atoms with E-state index >= 15 is 0 Å². The summed E-state index contributed by atoms with van der Waals surface area (Å²) >= 11 is 1.82. The van der Waals surface area contributed by atoms with Crippen LogP contribution in [0.15, 0.2) is 30.3 Å². The quantitative estimate of drug-likeness (QED) is 0.649. The number of nitro benzene ring substituents is 1. The largest absolute Gasteiger partial charge is 0.368 e. The van der Waals surface area contributed by atoms with E-state index in [-0.39, 0.29) is 5.69 Å². The van der Waals surface area contributed by atoms with Crippen LogP contribution in [-0.2, 0) is 0 Å². The first kappa shape index (κ1) is 14.6. The fourth-order valence-electron chi connectivity index (χ4n) is 1.93. The van der Waals surface area contributed by atoms with E-state index in [1.54, 1.807) is 12.1 Å². The summed E-state index contributed by atoms with van der Waals surface area (Å²) in [6.45, 7) is 2.12. The Balaban J connectivity index is 2.17. The molecule has 0 saturated carbocycles. The number of rotatable bonds is 6. The van der Waals surface area contributed by atoms with Gasteiger partial charge >= 0.3 is 0 Å². The molecule has 1 atom stereocenters. The highest BCUT2D eigenvalue weighted by Gasteiger charge is 2.08. The van der Waals surface area contributed by atoms with E-state index in [9.17, 15) is 10.1 Å². The zero-order valence-corrected chi connectivity index (χ0v) is 12.3. The highest BCUT2D eigenvalue weighted by atomic mass is 32.2. The number of aromatic nitrogens is 1. The van der Waals surface area contributed by atoms with Crippen LogP contribution in [0, 0.1) is 10.1 Å². The maximum atomic E-state index is 10.7. The highest BCUT2D eigenvalue weighted by molar-refractivity contribution is 7.98. The predicted molar refractivity (Wildman–Crippen MR) is 84.5 cm³/mol. The lowest BCUT2D eigenvalue weighted by atomic mass is 10.2. The summed E-state index contributed by atoms with van der Waals surface area (Å²) in [7, 11) is 0. The summed E-state index contributed by atoms with van der Waals surface area (Å²) in [5, 5.41) is 14.9. The third-order valence-corrected chi connectivity index (χ3v) is 3.68. The molecule has 0 saturated heterocycles. The number of nitrogens with zero attached hydrogens (tertiary/aromatic N) is 2. The van der Waals surface area contributed by atoms with E-state index in [1.165, 1.54) is 6.07 Å². The zero-order valence-electron chi connectivity index (χ0n) is 11.5. The van der Waals surface area contributed by atoms with Crippen molar-refractivity contribution in [3.05, 3.63) is 40.4 Å². The molecule has 1 aromatic carbocycles. The summed E-state index contributed by atoms with van der Waals surface area (Å²) in [5.74, 6) is 1.91. The first-order chi connectivity index (χ1) is 9.60. The summed E-state index contributed by atoms with van der Waals surface area (Å²) < 4.78 is 0. The van der Waals surface area contributed by atoms with Crippen molar-refractivity contribution in [1.82, 2.24) is 4.98 Å². The number of benzene rings is 1. The lowest BCUT2D eigenvalue weighted by Crippen LogP contribution is -2.16. The third kappa shape index (κ3) is 3.60. The Morgan fingerprint density at radius 2 is 2.20 bits per heavy atom. The minimum atomic E-state index is -0.393. The highest BCUT2D eigenvalue weighted by Crippen LogP contribution is 2.21. The van der Waals surface area contributed by atoms with Crippen LogP contribution in [0.5, 0.6) is 0 Å². The molecule has 6 heteroatoms. The molecule has 0 fully saturated rings. The van der Waals surface area contributed by atoms with Crippen LogP contribution in [0.3, 0.4) is 0 Å². The van der Waals surface area contributed by atoms with Crippen LogP contribution in [0.2, 0.25) is 0 Å². The van der Waals surface area contributed by atoms with E-state index in [0.29, 0.717) is 6.04 Å². The van der Waals surface area contributed by atoms with Gasteiger partial charge in [0.05, 0.1) is 10.4 Å². The van der Waals surface area contributed by atoms with E-state index < -0.39 is 4.92 Å². The SMILES string of the molecule is CSCCC(C)Nc1ccc2cc([N+](=O)[O-])ccc2n1. The second kappa shape index (κ2) is 6.56. The van der Waals surface area contributed by atoms with Gasteiger partial charge in [0.2, 0.25) is 0 Å². The van der Waals surface area contributed by atoms with Gasteiger partial charge in [-0.05, 0) is 43.6 Å². The van der Waals surface area contributed by atoms with Crippen LogP contribution in [-0.4, -0.2) is 28.0 Å². The van der Waals surface area contributed by atoms with Crippen molar-refractivity contribution in [2.45, 2.75) is 19.4 Å². The number of fused-ring (bicyclic) bond motifs is 1. The Hall–Kier alpha value is -1.82. The lowest BCUT2D eigenvalue weighted by Gasteiger charge is -2.14. The molecule has 0 bridgehead atoms. The van der Waals surface area contributed by atoms with Gasteiger partial charge in [-0.3, -0.25) is 10.1 Å². The number of nitrogens with one attached hydrogen (secondary N) is 1. The van der Waals surface area contributed by atoms with Crippen molar-refractivity contribution in [3.8, 4) is 0 Å². The van der Waals surface area contributed by atoms with Crippen molar-refractivity contribution >= 4 is 34.2 Å². The number of thioether (sulfide) groups is 1. The molecule has 2 rings (SSSR count). The molecule has 5 nitrogen and oxygen atoms in total. The first-order valence-electron chi connectivity index (χ1n) is 6.41. The molecule has 1 aromatic heterocycles. The summed E-state index contributed by atoms with van der Waals surface area (Å²) in [6.07, 6.45) is 3.16. The monoisotopic (exact) mass is 291 g/mol. The average Bonchev–Trinajstić information content (AvgIpc) is 2.44. The molecule has 0 aliphatic heterocycles. The number of hydrogen-bond donors (Lipinski definition) is 1. The zero-order chi connectivity index (χ0) is 14.5. The fourth-order valence-corrected chi connectivity index (χ4v) is 2.52. The molecule has 2 aromatic rings. The molecule has 0 amide bonds. The van der Waals surface area contributed by atoms with Gasteiger partial charge in [0.25, 0.3) is 5.69 Å². The maximum absolute atomic E-state index is 10.7. The Morgan fingerprint density at radius 3 is 2.90 bits per heavy atom. The second-order valence-electron chi connectivity index (χ2n) is 4.66. The topological polar surface area (TPSA) is 68.1 Å². The molecule has 0 aliphatic rings. The van der Waals surface area contributed by atoms with Crippen LogP contribution >= 0.6 is 11.8 Å². The molecule has 0 radical (unpaired) electrons. The standard InChI is InChI=1S/C14H17N3O2S/c1-10(7-8-20-2)15-14-6-3-11-9-12(17(18)19)4-5-13(11)16-14/h3-6,9-10H,7-8H2,1-2H3,(H,15,16). The molecule has 1 heterocycles. The predicted octanol–water partition coefficient (Wildman–Crippen LogP) is 3.70. The molecule has 1 N–H and O–H groups in total. The van der Waals surface area contributed by atoms with Gasteiger partial charge in [0.15, 0.2) is 0 Å². The molecular formula is C14H17N3O2S. The number of nitro groups is 1. The Bertz CT molecular complexity index is 618. The van der Waals surface area contributed by atoms with Crippen LogP contribution < -0.4 is 5.32 Å². The van der Waals surface area contributed by atoms with Crippen molar-refractivity contribution in [3.63, 3.8) is 0 Å². The second-order valence-corrected chi connectivity index (χ2v) is 5.64. The van der Waals surface area contributed by atoms with Gasteiger partial charge in [-0.25, -0.2) is 4.98 Å². The van der Waals surface area contributed by atoms with Gasteiger partial charge < -0.3 is 5.32 Å². The van der Waals surface area contributed by atoms with Gasteiger partial charge in [0.1, 0.15) is 5.82 Å². The number of anilines is 1. The van der Waals surface area contributed by atoms with Gasteiger partial charge in [-0.1, -0.05) is 0 Å². The Kier molecular flexibility index (Phi) is 4.79. The number of non-ortho nitro benzene ring substituents is 1. The van der Waals surface area contributed by atoms with Crippen molar-refractivity contribution < 1.29 is 4.92 Å². The van der Waals surface area contributed by atoms with E-state index in [2.05, 4.69) is 23.5 Å². The molecular weight excluding hydrogens is 274 g/mol. The number of hydrogen-bond acceptors (Lipinski definition) is 5. The van der Waals surface area contributed by atoms with Gasteiger partial charge in [-0.15, -0.1) is 0 Å². The lowest BCUT2D eigenvalue weighted by molar-refractivity contribution is -0.384. The minimum Gasteiger partial charge on any atom is -0.368 e. The van der Waals surface area contributed by atoms with Gasteiger partial charge in [0, 0.05) is 23.6 Å². The van der Waals surface area contributed by atoms with Crippen LogP contribution in [0.1, 0.15) is 13.3 Å². The third-order valence-electron chi connectivity index (χ3n) is 3.03. The fraction of sp³-hybridized carbons (Fsp3) is 0.357. The molecule has 20 heavy (non-hydrogen) atoms. The summed E-state index contributed by atoms with van der Waals surface area (Å²) in [5.41, 5.74) is 0.853. The van der Waals surface area contributed by atoms with E-state index in [4.69, 9.17) is 0 Å². The normalized spacial score (nSPS) is 12.3. The summed E-state index contributed by atoms with van der Waals surface area (Å²) in [4.78, 5) is 14.8. The maximum Gasteiger partial charge on any atom is 0.270 e. The minimum absolute atomic E-state index is 0.0911. The van der Waals surface area contributed by atoms with Crippen molar-refractivity contribution in [2.24, 2.45) is 0 Å². The van der Waals surface area contributed by atoms with E-state index in [0.717, 1.165) is 28.9 Å². The Labute approximate surface area is 121 Å². The smallest absolute Gasteiger partial charge is 0.270 e. The molecule has 0 spiro atoms. The van der Waals surface area contributed by atoms with Crippen LogP contribution in [0.4, 0.5) is 11.5 Å². The van der Waals surface area contributed by atoms with Crippen molar-refractivity contribution in [2.75, 3.05) is 17.3 Å². The van der Waals surface area contributed by atoms with Crippen LogP contribution in [0.25, 0.3) is 10.9 Å². The molecule has 106 valence electrons. The van der Waals surface area contributed by atoms with Crippen molar-refractivity contribution in [1.29, 1.82) is 0 Å². The van der Waals surface area contributed by atoms with Gasteiger partial charge in [-0.2, -0.15) is 11.8 Å². The number of pyridine rings is 1. The molecule has 0 aliphatic carbocycles. The average molecular weight is 291 g/mol. The molecule has 1 unspecified atom stereocenters. The summed E-state index contributed by atoms with van der Waals surface area (Å²) in [6, 6.07) is 8.79. The Morgan fingerprint density at radius 1 is 1.40 bits per heavy atom.